The lowest BCUT2D eigenvalue weighted by atomic mass is 10.0. The lowest BCUT2D eigenvalue weighted by molar-refractivity contribution is -0.117. The van der Waals surface area contributed by atoms with Crippen LogP contribution in [0.25, 0.3) is 0 Å². The Morgan fingerprint density at radius 1 is 1.24 bits per heavy atom. The van der Waals surface area contributed by atoms with Crippen LogP contribution in [0, 0.1) is 5.92 Å². The highest BCUT2D eigenvalue weighted by Crippen LogP contribution is 2.34. The fraction of sp³-hybridized carbons (Fsp3) is 0.588. The fourth-order valence-electron chi connectivity index (χ4n) is 2.26. The Morgan fingerprint density at radius 2 is 1.92 bits per heavy atom. The van der Waals surface area contributed by atoms with E-state index in [1.165, 1.54) is 0 Å². The second-order valence-electron chi connectivity index (χ2n) is 7.22. The summed E-state index contributed by atoms with van der Waals surface area (Å²) in [4.78, 5) is 12.1. The van der Waals surface area contributed by atoms with Gasteiger partial charge < -0.3 is 14.8 Å². The van der Waals surface area contributed by atoms with E-state index >= 15 is 0 Å². The van der Waals surface area contributed by atoms with Gasteiger partial charge in [-0.3, -0.25) is 4.79 Å². The molecule has 1 aliphatic rings. The van der Waals surface area contributed by atoms with E-state index in [2.05, 4.69) is 10.0 Å². The van der Waals surface area contributed by atoms with E-state index < -0.39 is 14.8 Å². The molecule has 1 amide bonds. The van der Waals surface area contributed by atoms with Crippen molar-refractivity contribution in [3.8, 4) is 11.5 Å². The molecule has 0 fully saturated rings. The quantitative estimate of drug-likeness (QED) is 0.769. The third-order valence-corrected chi connectivity index (χ3v) is 6.12. The van der Waals surface area contributed by atoms with Crippen LogP contribution in [0.3, 0.4) is 0 Å². The van der Waals surface area contributed by atoms with Crippen molar-refractivity contribution >= 4 is 21.6 Å². The van der Waals surface area contributed by atoms with Crippen molar-refractivity contribution in [2.75, 3.05) is 18.7 Å². The highest BCUT2D eigenvalue weighted by molar-refractivity contribution is 7.90. The van der Waals surface area contributed by atoms with Crippen molar-refractivity contribution in [2.24, 2.45) is 5.92 Å². The standard InChI is InChI=1S/C17H26N2O5S/c1-12(7-8-18-25(21,22)17(2,3)4)9-16(20)19-13-5-6-14-15(10-13)24-11-23-14/h5-6,10,12,18H,7-9,11H2,1-4H3,(H,19,20). The van der Waals surface area contributed by atoms with Gasteiger partial charge in [0.05, 0.1) is 4.75 Å². The van der Waals surface area contributed by atoms with E-state index in [0.717, 1.165) is 0 Å². The Balaban J connectivity index is 1.77. The van der Waals surface area contributed by atoms with Gasteiger partial charge >= 0.3 is 0 Å². The minimum absolute atomic E-state index is 0.0525. The highest BCUT2D eigenvalue weighted by Gasteiger charge is 2.28. The zero-order valence-corrected chi connectivity index (χ0v) is 15.9. The number of carbonyl (C=O) groups excluding carboxylic acids is 1. The first-order valence-corrected chi connectivity index (χ1v) is 9.75. The molecule has 0 bridgehead atoms. The third kappa shape index (κ3) is 5.34. The second-order valence-corrected chi connectivity index (χ2v) is 9.74. The number of benzene rings is 1. The lowest BCUT2D eigenvalue weighted by Gasteiger charge is -2.20. The summed E-state index contributed by atoms with van der Waals surface area (Å²) in [5.74, 6) is 1.21. The molecule has 25 heavy (non-hydrogen) atoms. The molecular formula is C17H26N2O5S. The molecule has 0 spiro atoms. The molecule has 8 heteroatoms. The molecule has 0 aromatic heterocycles. The molecule has 0 aliphatic carbocycles. The molecule has 0 saturated carbocycles. The topological polar surface area (TPSA) is 93.7 Å². The maximum atomic E-state index is 12.1. The number of hydrogen-bond acceptors (Lipinski definition) is 5. The molecule has 140 valence electrons. The minimum Gasteiger partial charge on any atom is -0.454 e. The number of fused-ring (bicyclic) bond motifs is 1. The summed E-state index contributed by atoms with van der Waals surface area (Å²) < 4.78 is 36.2. The molecule has 0 saturated heterocycles. The Labute approximate surface area is 149 Å². The van der Waals surface area contributed by atoms with Gasteiger partial charge in [0.2, 0.25) is 22.7 Å². The Hall–Kier alpha value is -1.80. The van der Waals surface area contributed by atoms with Gasteiger partial charge in [-0.15, -0.1) is 0 Å². The molecule has 0 radical (unpaired) electrons. The van der Waals surface area contributed by atoms with Crippen molar-refractivity contribution < 1.29 is 22.7 Å². The molecule has 1 aliphatic heterocycles. The summed E-state index contributed by atoms with van der Waals surface area (Å²) in [6.07, 6.45) is 0.898. The van der Waals surface area contributed by atoms with Gasteiger partial charge in [0.15, 0.2) is 11.5 Å². The predicted molar refractivity (Wildman–Crippen MR) is 96.3 cm³/mol. The maximum Gasteiger partial charge on any atom is 0.231 e. The van der Waals surface area contributed by atoms with Gasteiger partial charge in [-0.25, -0.2) is 13.1 Å². The molecule has 1 unspecified atom stereocenters. The minimum atomic E-state index is -3.35. The van der Waals surface area contributed by atoms with Crippen LogP contribution in [0.1, 0.15) is 40.5 Å². The van der Waals surface area contributed by atoms with Crippen LogP contribution in [0.4, 0.5) is 5.69 Å². The van der Waals surface area contributed by atoms with E-state index in [1.807, 2.05) is 6.92 Å². The van der Waals surface area contributed by atoms with Crippen molar-refractivity contribution in [1.82, 2.24) is 4.72 Å². The van der Waals surface area contributed by atoms with E-state index in [9.17, 15) is 13.2 Å². The maximum absolute atomic E-state index is 12.1. The third-order valence-electron chi connectivity index (χ3n) is 3.93. The SMILES string of the molecule is CC(CCNS(=O)(=O)C(C)(C)C)CC(=O)Nc1ccc2c(c1)OCO2. The first-order chi connectivity index (χ1) is 11.6. The highest BCUT2D eigenvalue weighted by atomic mass is 32.2. The van der Waals surface area contributed by atoms with Crippen molar-refractivity contribution in [3.63, 3.8) is 0 Å². The molecule has 2 N–H and O–H groups in total. The van der Waals surface area contributed by atoms with Crippen molar-refractivity contribution in [3.05, 3.63) is 18.2 Å². The molecule has 1 atom stereocenters. The molecule has 1 aromatic rings. The second kappa shape index (κ2) is 7.61. The van der Waals surface area contributed by atoms with Crippen LogP contribution in [-0.4, -0.2) is 32.4 Å². The average Bonchev–Trinajstić information content (AvgIpc) is 2.93. The lowest BCUT2D eigenvalue weighted by Crippen LogP contribution is -2.40. The Bertz CT molecular complexity index is 725. The van der Waals surface area contributed by atoms with E-state index in [0.29, 0.717) is 36.6 Å². The zero-order chi connectivity index (χ0) is 18.7. The Morgan fingerprint density at radius 3 is 2.60 bits per heavy atom. The summed E-state index contributed by atoms with van der Waals surface area (Å²) in [5, 5.41) is 2.82. The number of nitrogens with one attached hydrogen (secondary N) is 2. The van der Waals surface area contributed by atoms with Crippen LogP contribution >= 0.6 is 0 Å². The number of sulfonamides is 1. The smallest absolute Gasteiger partial charge is 0.231 e. The number of amides is 1. The van der Waals surface area contributed by atoms with Crippen LogP contribution < -0.4 is 19.5 Å². The number of hydrogen-bond donors (Lipinski definition) is 2. The van der Waals surface area contributed by atoms with Crippen LogP contribution in [0.15, 0.2) is 18.2 Å². The number of carbonyl (C=O) groups is 1. The molecule has 2 rings (SSSR count). The molecule has 7 nitrogen and oxygen atoms in total. The van der Waals surface area contributed by atoms with E-state index in [-0.39, 0.29) is 18.6 Å². The van der Waals surface area contributed by atoms with Gasteiger partial charge in [-0.1, -0.05) is 6.92 Å². The van der Waals surface area contributed by atoms with Gasteiger partial charge in [-0.05, 0) is 45.2 Å². The summed E-state index contributed by atoms with van der Waals surface area (Å²) in [6, 6.07) is 5.23. The summed E-state index contributed by atoms with van der Waals surface area (Å²) in [6.45, 7) is 7.38. The number of anilines is 1. The van der Waals surface area contributed by atoms with E-state index in [1.54, 1.807) is 39.0 Å². The van der Waals surface area contributed by atoms with Crippen molar-refractivity contribution in [1.29, 1.82) is 0 Å². The summed E-state index contributed by atoms with van der Waals surface area (Å²) >= 11 is 0. The first-order valence-electron chi connectivity index (χ1n) is 8.27. The normalized spacial score (nSPS) is 15.0. The van der Waals surface area contributed by atoms with Gasteiger partial charge in [0.1, 0.15) is 0 Å². The summed E-state index contributed by atoms with van der Waals surface area (Å²) in [5.41, 5.74) is 0.648. The molecule has 1 heterocycles. The monoisotopic (exact) mass is 370 g/mol. The van der Waals surface area contributed by atoms with Gasteiger partial charge in [0, 0.05) is 24.7 Å². The predicted octanol–water partition coefficient (Wildman–Crippen LogP) is 2.49. The van der Waals surface area contributed by atoms with Crippen LogP contribution in [0.2, 0.25) is 0 Å². The first kappa shape index (κ1) is 19.5. The largest absolute Gasteiger partial charge is 0.454 e. The molecule has 1 aromatic carbocycles. The van der Waals surface area contributed by atoms with Gasteiger partial charge in [0.25, 0.3) is 0 Å². The molecular weight excluding hydrogens is 344 g/mol. The van der Waals surface area contributed by atoms with Crippen LogP contribution in [-0.2, 0) is 14.8 Å². The fourth-order valence-corrected chi connectivity index (χ4v) is 3.08. The summed E-state index contributed by atoms with van der Waals surface area (Å²) in [7, 11) is -3.35. The zero-order valence-electron chi connectivity index (χ0n) is 15.1. The van der Waals surface area contributed by atoms with Crippen molar-refractivity contribution in [2.45, 2.75) is 45.3 Å². The number of rotatable bonds is 7. The average molecular weight is 370 g/mol. The van der Waals surface area contributed by atoms with E-state index in [4.69, 9.17) is 9.47 Å². The van der Waals surface area contributed by atoms with Crippen LogP contribution in [0.5, 0.6) is 11.5 Å². The number of ether oxygens (including phenoxy) is 2. The van der Waals surface area contributed by atoms with Gasteiger partial charge in [-0.2, -0.15) is 0 Å². The Kier molecular flexibility index (Phi) is 5.95.